The molecule has 0 aromatic heterocycles. The van der Waals surface area contributed by atoms with E-state index in [2.05, 4.69) is 5.32 Å². The molecule has 1 aromatic carbocycles. The van der Waals surface area contributed by atoms with E-state index in [1.54, 1.807) is 12.1 Å². The minimum atomic E-state index is -0.477. The number of benzene rings is 1. The molecule has 3 aliphatic rings. The molecule has 6 nitrogen and oxygen atoms in total. The van der Waals surface area contributed by atoms with Gasteiger partial charge in [-0.3, -0.25) is 14.4 Å². The van der Waals surface area contributed by atoms with Crippen molar-refractivity contribution in [3.8, 4) is 0 Å². The van der Waals surface area contributed by atoms with Crippen LogP contribution in [0.5, 0.6) is 0 Å². The Hall–Kier alpha value is -1.99. The van der Waals surface area contributed by atoms with E-state index in [0.717, 1.165) is 35.9 Å². The maximum absolute atomic E-state index is 15.1. The molecule has 0 unspecified atom stereocenters. The van der Waals surface area contributed by atoms with Gasteiger partial charge in [-0.25, -0.2) is 9.40 Å². The molecular formula is C18H21ClFN3O3. The fourth-order valence-corrected chi connectivity index (χ4v) is 3.98. The molecule has 0 radical (unpaired) electrons. The van der Waals surface area contributed by atoms with E-state index in [1.165, 1.54) is 0 Å². The second kappa shape index (κ2) is 7.32. The predicted molar refractivity (Wildman–Crippen MR) is 94.1 cm³/mol. The maximum Gasteiger partial charge on any atom is 0.273 e. The zero-order valence-corrected chi connectivity index (χ0v) is 15.1. The lowest BCUT2D eigenvalue weighted by Gasteiger charge is -2.32. The molecule has 4 rings (SSSR count). The Morgan fingerprint density at radius 1 is 1.04 bits per heavy atom. The average Bonchev–Trinajstić information content (AvgIpc) is 2.94. The number of piperidine rings is 2. The Bertz CT molecular complexity index is 748. The Morgan fingerprint density at radius 3 is 2.35 bits per heavy atom. The third kappa shape index (κ3) is 2.99. The summed E-state index contributed by atoms with van der Waals surface area (Å²) >= 11 is 0. The Labute approximate surface area is 157 Å². The summed E-state index contributed by atoms with van der Waals surface area (Å²) in [6, 6.07) is 3.32. The summed E-state index contributed by atoms with van der Waals surface area (Å²) in [5.74, 6) is -1.49. The maximum atomic E-state index is 15.1. The first-order valence-corrected chi connectivity index (χ1v) is 8.77. The lowest BCUT2D eigenvalue weighted by Crippen LogP contribution is -2.52. The highest BCUT2D eigenvalue weighted by atomic mass is 35.5. The van der Waals surface area contributed by atoms with Gasteiger partial charge in [-0.05, 0) is 49.9 Å². The van der Waals surface area contributed by atoms with Gasteiger partial charge in [0.05, 0.1) is 6.54 Å². The van der Waals surface area contributed by atoms with Gasteiger partial charge in [-0.1, -0.05) is 6.07 Å². The van der Waals surface area contributed by atoms with Gasteiger partial charge in [0.25, 0.3) is 5.91 Å². The number of carbonyl (C=O) groups excluding carboxylic acids is 3. The number of halogens is 2. The van der Waals surface area contributed by atoms with Crippen LogP contribution in [0.15, 0.2) is 12.1 Å². The van der Waals surface area contributed by atoms with Crippen molar-refractivity contribution in [1.82, 2.24) is 15.3 Å². The zero-order valence-electron chi connectivity index (χ0n) is 14.3. The van der Waals surface area contributed by atoms with Crippen LogP contribution in [0, 0.1) is 5.82 Å². The van der Waals surface area contributed by atoms with Crippen LogP contribution >= 0.6 is 12.4 Å². The highest BCUT2D eigenvalue weighted by molar-refractivity contribution is 6.04. The number of amides is 3. The minimum absolute atomic E-state index is 0. The molecule has 2 saturated heterocycles. The van der Waals surface area contributed by atoms with E-state index in [-0.39, 0.29) is 49.1 Å². The number of hydrazine groups is 1. The van der Waals surface area contributed by atoms with Crippen molar-refractivity contribution in [3.63, 3.8) is 0 Å². The van der Waals surface area contributed by atoms with E-state index in [9.17, 15) is 14.4 Å². The summed E-state index contributed by atoms with van der Waals surface area (Å²) in [4.78, 5) is 36.8. The van der Waals surface area contributed by atoms with Crippen LogP contribution < -0.4 is 5.32 Å². The molecule has 0 atom stereocenters. The summed E-state index contributed by atoms with van der Waals surface area (Å²) in [7, 11) is 0. The van der Waals surface area contributed by atoms with Gasteiger partial charge in [-0.2, -0.15) is 5.01 Å². The largest absolute Gasteiger partial charge is 0.317 e. The van der Waals surface area contributed by atoms with Crippen molar-refractivity contribution in [2.75, 3.05) is 13.1 Å². The summed E-state index contributed by atoms with van der Waals surface area (Å²) in [5, 5.41) is 5.27. The molecule has 0 aliphatic carbocycles. The van der Waals surface area contributed by atoms with Crippen molar-refractivity contribution >= 4 is 30.1 Å². The van der Waals surface area contributed by atoms with Crippen LogP contribution in [-0.4, -0.2) is 40.8 Å². The standard InChI is InChI=1S/C18H20FN3O3.ClH/c19-17-12(11-6-8-20-9-7-11)4-5-13-14(17)10-21(18(13)25)22-15(23)2-1-3-16(22)24;/h4-5,11,20H,1-3,6-10H2;1H. The summed E-state index contributed by atoms with van der Waals surface area (Å²) in [6.07, 6.45) is 2.67. The fraction of sp³-hybridized carbons (Fsp3) is 0.500. The van der Waals surface area contributed by atoms with Crippen LogP contribution in [0.3, 0.4) is 0 Å². The lowest BCUT2D eigenvalue weighted by atomic mass is 9.88. The fourth-order valence-electron chi connectivity index (χ4n) is 3.98. The number of nitrogens with one attached hydrogen (secondary N) is 1. The third-order valence-electron chi connectivity index (χ3n) is 5.32. The molecule has 0 spiro atoms. The molecule has 3 heterocycles. The quantitative estimate of drug-likeness (QED) is 0.797. The Morgan fingerprint density at radius 2 is 1.69 bits per heavy atom. The topological polar surface area (TPSA) is 69.7 Å². The van der Waals surface area contributed by atoms with E-state index >= 15 is 4.39 Å². The second-order valence-electron chi connectivity index (χ2n) is 6.83. The summed E-state index contributed by atoms with van der Waals surface area (Å²) < 4.78 is 15.1. The van der Waals surface area contributed by atoms with Gasteiger partial charge in [0.1, 0.15) is 5.82 Å². The predicted octanol–water partition coefficient (Wildman–Crippen LogP) is 2.12. The normalized spacial score (nSPS) is 21.0. The number of nitrogens with zero attached hydrogens (tertiary/aromatic N) is 2. The molecule has 140 valence electrons. The van der Waals surface area contributed by atoms with Crippen LogP contribution in [0.2, 0.25) is 0 Å². The minimum Gasteiger partial charge on any atom is -0.317 e. The molecule has 3 amide bonds. The second-order valence-corrected chi connectivity index (χ2v) is 6.83. The molecule has 26 heavy (non-hydrogen) atoms. The van der Waals surface area contributed by atoms with Gasteiger partial charge in [0.15, 0.2) is 0 Å². The van der Waals surface area contributed by atoms with Crippen molar-refractivity contribution in [1.29, 1.82) is 0 Å². The number of imide groups is 1. The van der Waals surface area contributed by atoms with Crippen molar-refractivity contribution in [3.05, 3.63) is 34.6 Å². The van der Waals surface area contributed by atoms with Crippen molar-refractivity contribution in [2.45, 2.75) is 44.6 Å². The van der Waals surface area contributed by atoms with Crippen LogP contribution in [0.25, 0.3) is 0 Å². The third-order valence-corrected chi connectivity index (χ3v) is 5.32. The Kier molecular flexibility index (Phi) is 5.29. The van der Waals surface area contributed by atoms with Gasteiger partial charge in [0.2, 0.25) is 11.8 Å². The summed E-state index contributed by atoms with van der Waals surface area (Å²) in [6.45, 7) is 1.64. The van der Waals surface area contributed by atoms with E-state index < -0.39 is 17.7 Å². The molecule has 2 fully saturated rings. The molecule has 8 heteroatoms. The molecule has 1 aromatic rings. The van der Waals surface area contributed by atoms with Crippen LogP contribution in [-0.2, 0) is 16.1 Å². The smallest absolute Gasteiger partial charge is 0.273 e. The van der Waals surface area contributed by atoms with Crippen molar-refractivity contribution < 1.29 is 18.8 Å². The van der Waals surface area contributed by atoms with Gasteiger partial charge >= 0.3 is 0 Å². The highest BCUT2D eigenvalue weighted by Crippen LogP contribution is 2.35. The van der Waals surface area contributed by atoms with Gasteiger partial charge < -0.3 is 5.32 Å². The Balaban J connectivity index is 0.00000196. The van der Waals surface area contributed by atoms with Gasteiger partial charge in [-0.15, -0.1) is 12.4 Å². The first-order valence-electron chi connectivity index (χ1n) is 8.77. The number of carbonyl (C=O) groups is 3. The zero-order chi connectivity index (χ0) is 17.6. The van der Waals surface area contributed by atoms with Crippen molar-refractivity contribution in [2.24, 2.45) is 0 Å². The average molecular weight is 382 g/mol. The summed E-state index contributed by atoms with van der Waals surface area (Å²) in [5.41, 5.74) is 1.18. The monoisotopic (exact) mass is 381 g/mol. The first kappa shape index (κ1) is 18.8. The molecule has 1 N–H and O–H groups in total. The van der Waals surface area contributed by atoms with E-state index in [4.69, 9.17) is 0 Å². The van der Waals surface area contributed by atoms with Crippen LogP contribution in [0.4, 0.5) is 4.39 Å². The highest BCUT2D eigenvalue weighted by Gasteiger charge is 2.41. The van der Waals surface area contributed by atoms with E-state index in [1.807, 2.05) is 0 Å². The molecule has 3 aliphatic heterocycles. The molecule has 0 saturated carbocycles. The number of hydrogen-bond donors (Lipinski definition) is 1. The SMILES string of the molecule is Cl.O=C1c2ccc(C3CCNCC3)c(F)c2CN1N1C(=O)CCCC1=O. The number of fused-ring (bicyclic) bond motifs is 1. The van der Waals surface area contributed by atoms with Crippen LogP contribution in [0.1, 0.15) is 59.5 Å². The number of hydrogen-bond acceptors (Lipinski definition) is 4. The van der Waals surface area contributed by atoms with E-state index in [0.29, 0.717) is 17.5 Å². The lowest BCUT2D eigenvalue weighted by molar-refractivity contribution is -0.163. The first-order chi connectivity index (χ1) is 12.1. The molecule has 0 bridgehead atoms. The molecular weight excluding hydrogens is 361 g/mol. The number of rotatable bonds is 2. The van der Waals surface area contributed by atoms with Gasteiger partial charge in [0, 0.05) is 24.0 Å².